The Kier molecular flexibility index (Phi) is 3.63. The van der Waals surface area contributed by atoms with Crippen molar-refractivity contribution in [3.8, 4) is 0 Å². The molecular weight excluding hydrogens is 332 g/mol. The zero-order valence-corrected chi connectivity index (χ0v) is 14.1. The molecule has 0 bridgehead atoms. The molecule has 3 aromatic rings. The summed E-state index contributed by atoms with van der Waals surface area (Å²) in [6.07, 6.45) is 1.49. The summed E-state index contributed by atoms with van der Waals surface area (Å²) in [5, 5.41) is 7.08. The van der Waals surface area contributed by atoms with Crippen LogP contribution in [0.5, 0.6) is 0 Å². The molecule has 1 fully saturated rings. The number of likely N-dealkylation sites (tertiary alicyclic amines) is 1. The van der Waals surface area contributed by atoms with Gasteiger partial charge in [0, 0.05) is 23.0 Å². The Morgan fingerprint density at radius 1 is 1.30 bits per heavy atom. The molecule has 0 radical (unpaired) electrons. The maximum Gasteiger partial charge on any atom is 0.164 e. The highest BCUT2D eigenvalue weighted by atomic mass is 35.5. The van der Waals surface area contributed by atoms with Crippen molar-refractivity contribution in [2.45, 2.75) is 16.0 Å². The molecule has 23 heavy (non-hydrogen) atoms. The number of hydrogen-bond donors (Lipinski definition) is 1. The summed E-state index contributed by atoms with van der Waals surface area (Å²) in [5.74, 6) is 0.457. The van der Waals surface area contributed by atoms with Crippen LogP contribution < -0.4 is 5.73 Å². The van der Waals surface area contributed by atoms with Crippen molar-refractivity contribution in [3.05, 3.63) is 35.6 Å². The summed E-state index contributed by atoms with van der Waals surface area (Å²) in [7, 11) is 2.09. The summed E-state index contributed by atoms with van der Waals surface area (Å²) in [6.45, 7) is 1.92. The Morgan fingerprint density at radius 3 is 2.87 bits per heavy atom. The number of nitrogen functional groups attached to an aromatic ring is 1. The predicted octanol–water partition coefficient (Wildman–Crippen LogP) is 2.70. The third kappa shape index (κ3) is 2.65. The standard InChI is InChI=1S/C15H15ClN6S/c1-21-6-10(7-21)22-14-12(13(17)18-8-19-14)15(20-22)23-11-4-2-3-9(16)5-11/h2-5,8,10H,6-7H2,1H3,(H2,17,18,19). The number of aromatic nitrogens is 4. The summed E-state index contributed by atoms with van der Waals surface area (Å²) in [5.41, 5.74) is 6.88. The minimum atomic E-state index is 0.325. The van der Waals surface area contributed by atoms with E-state index >= 15 is 0 Å². The Labute approximate surface area is 142 Å². The van der Waals surface area contributed by atoms with Crippen LogP contribution in [0.4, 0.5) is 5.82 Å². The van der Waals surface area contributed by atoms with E-state index < -0.39 is 0 Å². The number of likely N-dealkylation sites (N-methyl/N-ethyl adjacent to an activating group) is 1. The van der Waals surface area contributed by atoms with E-state index in [9.17, 15) is 0 Å². The summed E-state index contributed by atoms with van der Waals surface area (Å²) >= 11 is 7.60. The molecule has 0 spiro atoms. The summed E-state index contributed by atoms with van der Waals surface area (Å²) < 4.78 is 1.97. The molecule has 1 aliphatic heterocycles. The topological polar surface area (TPSA) is 72.9 Å². The van der Waals surface area contributed by atoms with Crippen LogP contribution in [-0.4, -0.2) is 44.8 Å². The zero-order chi connectivity index (χ0) is 16.0. The Balaban J connectivity index is 1.79. The van der Waals surface area contributed by atoms with Gasteiger partial charge in [-0.3, -0.25) is 0 Å². The average molecular weight is 347 g/mol. The third-order valence-electron chi connectivity index (χ3n) is 3.89. The Morgan fingerprint density at radius 2 is 2.13 bits per heavy atom. The van der Waals surface area contributed by atoms with Gasteiger partial charge in [0.25, 0.3) is 0 Å². The molecule has 0 aliphatic carbocycles. The van der Waals surface area contributed by atoms with Crippen molar-refractivity contribution in [2.24, 2.45) is 0 Å². The van der Waals surface area contributed by atoms with Crippen LogP contribution in [0.25, 0.3) is 11.0 Å². The highest BCUT2D eigenvalue weighted by molar-refractivity contribution is 7.99. The first-order chi connectivity index (χ1) is 11.1. The van der Waals surface area contributed by atoms with Gasteiger partial charge < -0.3 is 10.6 Å². The van der Waals surface area contributed by atoms with Crippen molar-refractivity contribution in [3.63, 3.8) is 0 Å². The Hall–Kier alpha value is -1.83. The van der Waals surface area contributed by atoms with E-state index in [2.05, 4.69) is 21.9 Å². The van der Waals surface area contributed by atoms with Crippen LogP contribution in [0.3, 0.4) is 0 Å². The average Bonchev–Trinajstić information content (AvgIpc) is 2.84. The van der Waals surface area contributed by atoms with Crippen LogP contribution in [0.2, 0.25) is 5.02 Å². The smallest absolute Gasteiger partial charge is 0.164 e. The Bertz CT molecular complexity index is 874. The highest BCUT2D eigenvalue weighted by Crippen LogP contribution is 2.37. The van der Waals surface area contributed by atoms with Crippen LogP contribution in [0, 0.1) is 0 Å². The minimum absolute atomic E-state index is 0.325. The number of anilines is 1. The lowest BCUT2D eigenvalue weighted by Gasteiger charge is -2.36. The molecular formula is C15H15ClN6S. The number of nitrogens with zero attached hydrogens (tertiary/aromatic N) is 5. The van der Waals surface area contributed by atoms with Crippen LogP contribution in [-0.2, 0) is 0 Å². The molecule has 8 heteroatoms. The van der Waals surface area contributed by atoms with E-state index in [1.54, 1.807) is 0 Å². The number of hydrogen-bond acceptors (Lipinski definition) is 6. The highest BCUT2D eigenvalue weighted by Gasteiger charge is 2.29. The molecule has 1 aromatic carbocycles. The van der Waals surface area contributed by atoms with Gasteiger partial charge in [-0.05, 0) is 25.2 Å². The molecule has 6 nitrogen and oxygen atoms in total. The molecule has 2 aromatic heterocycles. The number of fused-ring (bicyclic) bond motifs is 1. The molecule has 0 amide bonds. The first kappa shape index (κ1) is 14.7. The van der Waals surface area contributed by atoms with Crippen LogP contribution in [0.15, 0.2) is 40.5 Å². The normalized spacial score (nSPS) is 15.9. The second-order valence-corrected chi connectivity index (χ2v) is 7.14. The van der Waals surface area contributed by atoms with Gasteiger partial charge in [-0.15, -0.1) is 0 Å². The van der Waals surface area contributed by atoms with Crippen molar-refractivity contribution in [2.75, 3.05) is 25.9 Å². The maximum atomic E-state index is 6.09. The lowest BCUT2D eigenvalue weighted by molar-refractivity contribution is 0.132. The second-order valence-electron chi connectivity index (χ2n) is 5.64. The molecule has 3 heterocycles. The number of rotatable bonds is 3. The van der Waals surface area contributed by atoms with Gasteiger partial charge in [0.15, 0.2) is 5.65 Å². The molecule has 0 atom stereocenters. The van der Waals surface area contributed by atoms with Gasteiger partial charge in [-0.1, -0.05) is 29.4 Å². The van der Waals surface area contributed by atoms with E-state index in [4.69, 9.17) is 22.4 Å². The van der Waals surface area contributed by atoms with E-state index in [1.165, 1.54) is 18.1 Å². The van der Waals surface area contributed by atoms with Gasteiger partial charge in [0.05, 0.1) is 11.4 Å². The summed E-state index contributed by atoms with van der Waals surface area (Å²) in [4.78, 5) is 11.8. The fourth-order valence-electron chi connectivity index (χ4n) is 2.75. The molecule has 1 saturated heterocycles. The number of benzene rings is 1. The first-order valence-electron chi connectivity index (χ1n) is 7.22. The van der Waals surface area contributed by atoms with Crippen molar-refractivity contribution < 1.29 is 0 Å². The minimum Gasteiger partial charge on any atom is -0.383 e. The largest absolute Gasteiger partial charge is 0.383 e. The fraction of sp³-hybridized carbons (Fsp3) is 0.267. The number of halogens is 1. The molecule has 2 N–H and O–H groups in total. The second kappa shape index (κ2) is 5.67. The lowest BCUT2D eigenvalue weighted by atomic mass is 10.1. The van der Waals surface area contributed by atoms with Gasteiger partial charge in [0.1, 0.15) is 17.2 Å². The third-order valence-corrected chi connectivity index (χ3v) is 5.09. The SMILES string of the molecule is CN1CC(n2nc(Sc3cccc(Cl)c3)c3c(N)ncnc32)C1. The monoisotopic (exact) mass is 346 g/mol. The van der Waals surface area contributed by atoms with E-state index in [0.717, 1.165) is 34.0 Å². The van der Waals surface area contributed by atoms with Gasteiger partial charge in [0.2, 0.25) is 0 Å². The van der Waals surface area contributed by atoms with E-state index in [-0.39, 0.29) is 0 Å². The van der Waals surface area contributed by atoms with Gasteiger partial charge >= 0.3 is 0 Å². The lowest BCUT2D eigenvalue weighted by Crippen LogP contribution is -2.45. The molecule has 0 unspecified atom stereocenters. The van der Waals surface area contributed by atoms with E-state index in [1.807, 2.05) is 28.9 Å². The summed E-state index contributed by atoms with van der Waals surface area (Å²) in [6, 6.07) is 8.01. The van der Waals surface area contributed by atoms with Gasteiger partial charge in [-0.25, -0.2) is 14.6 Å². The first-order valence-corrected chi connectivity index (χ1v) is 8.42. The van der Waals surface area contributed by atoms with E-state index in [0.29, 0.717) is 16.9 Å². The molecule has 4 rings (SSSR count). The molecule has 1 aliphatic rings. The predicted molar refractivity (Wildman–Crippen MR) is 91.8 cm³/mol. The van der Waals surface area contributed by atoms with Crippen LogP contribution in [0.1, 0.15) is 6.04 Å². The van der Waals surface area contributed by atoms with Crippen molar-refractivity contribution in [1.29, 1.82) is 0 Å². The fourth-order valence-corrected chi connectivity index (χ4v) is 3.99. The number of nitrogens with two attached hydrogens (primary N) is 1. The molecule has 0 saturated carbocycles. The zero-order valence-electron chi connectivity index (χ0n) is 12.5. The van der Waals surface area contributed by atoms with Crippen molar-refractivity contribution in [1.82, 2.24) is 24.6 Å². The quantitative estimate of drug-likeness (QED) is 0.786. The van der Waals surface area contributed by atoms with Crippen molar-refractivity contribution >= 4 is 40.2 Å². The molecule has 118 valence electrons. The maximum absolute atomic E-state index is 6.09. The van der Waals surface area contributed by atoms with Crippen LogP contribution >= 0.6 is 23.4 Å². The van der Waals surface area contributed by atoms with Gasteiger partial charge in [-0.2, -0.15) is 5.10 Å².